The van der Waals surface area contributed by atoms with Gasteiger partial charge in [0.05, 0.1) is 17.2 Å². The molecule has 0 amide bonds. The zero-order valence-electron chi connectivity index (χ0n) is 7.37. The predicted octanol–water partition coefficient (Wildman–Crippen LogP) is 1.35. The van der Waals surface area contributed by atoms with Crippen LogP contribution >= 0.6 is 15.9 Å². The average Bonchev–Trinajstić information content (AvgIpc) is 2.19. The largest absolute Gasteiger partial charge is 0.394 e. The zero-order valence-corrected chi connectivity index (χ0v) is 8.96. The molecule has 0 aliphatic rings. The molecule has 3 nitrogen and oxygen atoms in total. The summed E-state index contributed by atoms with van der Waals surface area (Å²) in [6, 6.07) is 4.45. The lowest BCUT2D eigenvalue weighted by molar-refractivity contribution is 0.105. The van der Waals surface area contributed by atoms with Gasteiger partial charge in [0.1, 0.15) is 5.82 Å². The highest BCUT2D eigenvalue weighted by molar-refractivity contribution is 9.10. The van der Waals surface area contributed by atoms with Crippen LogP contribution in [0.2, 0.25) is 0 Å². The van der Waals surface area contributed by atoms with Gasteiger partial charge < -0.3 is 15.5 Å². The number of benzene rings is 1. The van der Waals surface area contributed by atoms with Crippen molar-refractivity contribution < 1.29 is 14.6 Å². The Morgan fingerprint density at radius 3 is 2.79 bits per heavy atom. The number of aliphatic hydroxyl groups is 2. The second-order valence-electron chi connectivity index (χ2n) is 2.85. The highest BCUT2D eigenvalue weighted by Crippen LogP contribution is 2.19. The van der Waals surface area contributed by atoms with Crippen molar-refractivity contribution in [1.82, 2.24) is 0 Å². The summed E-state index contributed by atoms with van der Waals surface area (Å²) in [5.74, 6) is -0.335. The molecule has 0 aliphatic carbocycles. The third-order valence-corrected chi connectivity index (χ3v) is 2.28. The van der Waals surface area contributed by atoms with Crippen molar-refractivity contribution in [3.63, 3.8) is 0 Å². The number of hydrogen-bond donors (Lipinski definition) is 3. The molecule has 0 saturated heterocycles. The smallest absolute Gasteiger partial charge is 0.137 e. The molecule has 1 rings (SSSR count). The lowest BCUT2D eigenvalue weighted by Gasteiger charge is -2.10. The van der Waals surface area contributed by atoms with E-state index in [2.05, 4.69) is 21.2 Å². The minimum atomic E-state index is -0.807. The molecule has 0 fully saturated rings. The fourth-order valence-corrected chi connectivity index (χ4v) is 1.29. The fraction of sp³-hybridized carbons (Fsp3) is 0.333. The third-order valence-electron chi connectivity index (χ3n) is 1.67. The summed E-state index contributed by atoms with van der Waals surface area (Å²) in [6.07, 6.45) is -0.807. The van der Waals surface area contributed by atoms with Crippen molar-refractivity contribution >= 4 is 21.6 Å². The molecule has 1 unspecified atom stereocenters. The molecule has 1 atom stereocenters. The second kappa shape index (κ2) is 5.29. The maximum absolute atomic E-state index is 12.8. The minimum Gasteiger partial charge on any atom is -0.394 e. The molecule has 3 N–H and O–H groups in total. The van der Waals surface area contributed by atoms with E-state index in [0.717, 1.165) is 0 Å². The Morgan fingerprint density at radius 1 is 1.50 bits per heavy atom. The van der Waals surface area contributed by atoms with Gasteiger partial charge in [-0.2, -0.15) is 0 Å². The normalized spacial score (nSPS) is 12.6. The SMILES string of the molecule is OCC(O)CNc1ccc(F)c(Br)c1. The maximum Gasteiger partial charge on any atom is 0.137 e. The third kappa shape index (κ3) is 3.25. The lowest BCUT2D eigenvalue weighted by Crippen LogP contribution is -2.22. The van der Waals surface area contributed by atoms with E-state index in [1.54, 1.807) is 12.1 Å². The van der Waals surface area contributed by atoms with E-state index in [0.29, 0.717) is 10.2 Å². The van der Waals surface area contributed by atoms with Gasteiger partial charge in [-0.1, -0.05) is 0 Å². The van der Waals surface area contributed by atoms with Crippen LogP contribution in [0, 0.1) is 5.82 Å². The lowest BCUT2D eigenvalue weighted by atomic mass is 10.3. The summed E-state index contributed by atoms with van der Waals surface area (Å²) in [5.41, 5.74) is 0.686. The number of hydrogen-bond acceptors (Lipinski definition) is 3. The van der Waals surface area contributed by atoms with Gasteiger partial charge in [0, 0.05) is 12.2 Å². The van der Waals surface area contributed by atoms with Crippen LogP contribution in [0.5, 0.6) is 0 Å². The van der Waals surface area contributed by atoms with Crippen LogP contribution < -0.4 is 5.32 Å². The number of rotatable bonds is 4. The molecule has 0 aliphatic heterocycles. The Bertz CT molecular complexity index is 309. The standard InChI is InChI=1S/C9H11BrFNO2/c10-8-3-6(1-2-9(8)11)12-4-7(14)5-13/h1-3,7,12-14H,4-5H2. The average molecular weight is 264 g/mol. The number of anilines is 1. The van der Waals surface area contributed by atoms with Gasteiger partial charge in [0.2, 0.25) is 0 Å². The first-order chi connectivity index (χ1) is 6.63. The zero-order chi connectivity index (χ0) is 10.6. The molecule has 0 saturated carbocycles. The predicted molar refractivity (Wildman–Crippen MR) is 55.7 cm³/mol. The fourth-order valence-electron chi connectivity index (χ4n) is 0.906. The van der Waals surface area contributed by atoms with Crippen LogP contribution in [-0.4, -0.2) is 29.5 Å². The Hall–Kier alpha value is -0.650. The molecule has 1 aromatic carbocycles. The van der Waals surface area contributed by atoms with E-state index >= 15 is 0 Å². The maximum atomic E-state index is 12.8. The van der Waals surface area contributed by atoms with Crippen LogP contribution in [0.1, 0.15) is 0 Å². The van der Waals surface area contributed by atoms with Crippen molar-refractivity contribution in [2.24, 2.45) is 0 Å². The topological polar surface area (TPSA) is 52.5 Å². The van der Waals surface area contributed by atoms with Crippen LogP contribution in [0.4, 0.5) is 10.1 Å². The highest BCUT2D eigenvalue weighted by Gasteiger charge is 2.03. The Kier molecular flexibility index (Phi) is 4.31. The first kappa shape index (κ1) is 11.4. The van der Waals surface area contributed by atoms with Crippen LogP contribution in [0.25, 0.3) is 0 Å². The Balaban J connectivity index is 2.55. The van der Waals surface area contributed by atoms with Crippen LogP contribution in [0.15, 0.2) is 22.7 Å². The van der Waals surface area contributed by atoms with E-state index < -0.39 is 6.10 Å². The number of nitrogens with one attached hydrogen (secondary N) is 1. The molecule has 78 valence electrons. The molecule has 0 spiro atoms. The quantitative estimate of drug-likeness (QED) is 0.769. The van der Waals surface area contributed by atoms with E-state index in [9.17, 15) is 4.39 Å². The molecular formula is C9H11BrFNO2. The van der Waals surface area contributed by atoms with Gasteiger partial charge in [-0.05, 0) is 34.1 Å². The van der Waals surface area contributed by atoms with Gasteiger partial charge in [0.25, 0.3) is 0 Å². The molecule has 0 radical (unpaired) electrons. The Labute approximate surface area is 89.7 Å². The first-order valence-electron chi connectivity index (χ1n) is 4.11. The minimum absolute atomic E-state index is 0.231. The molecule has 0 bridgehead atoms. The monoisotopic (exact) mass is 263 g/mol. The van der Waals surface area contributed by atoms with Crippen molar-refractivity contribution in [3.8, 4) is 0 Å². The first-order valence-corrected chi connectivity index (χ1v) is 4.90. The molecule has 0 aromatic heterocycles. The van der Waals surface area contributed by atoms with Gasteiger partial charge in [-0.15, -0.1) is 0 Å². The van der Waals surface area contributed by atoms with Crippen molar-refractivity contribution in [2.45, 2.75) is 6.10 Å². The van der Waals surface area contributed by atoms with Crippen molar-refractivity contribution in [1.29, 1.82) is 0 Å². The molecule has 1 aromatic rings. The summed E-state index contributed by atoms with van der Waals surface area (Å²) in [5, 5.41) is 20.5. The summed E-state index contributed by atoms with van der Waals surface area (Å²) < 4.78 is 13.2. The van der Waals surface area contributed by atoms with Crippen LogP contribution in [0.3, 0.4) is 0 Å². The summed E-state index contributed by atoms with van der Waals surface area (Å²) in [7, 11) is 0. The number of aliphatic hydroxyl groups excluding tert-OH is 2. The Morgan fingerprint density at radius 2 is 2.21 bits per heavy atom. The van der Waals surface area contributed by atoms with E-state index in [1.807, 2.05) is 0 Å². The molecule has 5 heteroatoms. The summed E-state index contributed by atoms with van der Waals surface area (Å²) in [4.78, 5) is 0. The summed E-state index contributed by atoms with van der Waals surface area (Å²) >= 11 is 3.04. The van der Waals surface area contributed by atoms with E-state index in [1.165, 1.54) is 6.07 Å². The molecule has 0 heterocycles. The number of halogens is 2. The van der Waals surface area contributed by atoms with Gasteiger partial charge in [0.15, 0.2) is 0 Å². The van der Waals surface area contributed by atoms with Gasteiger partial charge in [-0.25, -0.2) is 4.39 Å². The highest BCUT2D eigenvalue weighted by atomic mass is 79.9. The van der Waals surface area contributed by atoms with Crippen molar-refractivity contribution in [3.05, 3.63) is 28.5 Å². The molecule has 14 heavy (non-hydrogen) atoms. The van der Waals surface area contributed by atoms with Gasteiger partial charge >= 0.3 is 0 Å². The van der Waals surface area contributed by atoms with E-state index in [4.69, 9.17) is 10.2 Å². The van der Waals surface area contributed by atoms with Crippen molar-refractivity contribution in [2.75, 3.05) is 18.5 Å². The van der Waals surface area contributed by atoms with E-state index in [-0.39, 0.29) is 19.0 Å². The second-order valence-corrected chi connectivity index (χ2v) is 3.70. The summed E-state index contributed by atoms with van der Waals surface area (Å²) in [6.45, 7) is -0.0655. The molecular weight excluding hydrogens is 253 g/mol. The van der Waals surface area contributed by atoms with Gasteiger partial charge in [-0.3, -0.25) is 0 Å². The van der Waals surface area contributed by atoms with Crippen LogP contribution in [-0.2, 0) is 0 Å².